The van der Waals surface area contributed by atoms with Gasteiger partial charge in [0.05, 0.1) is 40.7 Å². The van der Waals surface area contributed by atoms with Crippen LogP contribution in [0, 0.1) is 18.8 Å². The molecule has 232 valence electrons. The van der Waals surface area contributed by atoms with Crippen LogP contribution >= 0.6 is 0 Å². The molecule has 2 unspecified atom stereocenters. The third-order valence-electron chi connectivity index (χ3n) is 7.79. The molecule has 2 amide bonds. The van der Waals surface area contributed by atoms with Gasteiger partial charge >= 0.3 is 0 Å². The maximum atomic E-state index is 13.4. The number of carbonyl (C=O) groups is 2. The number of carbonyl (C=O) groups excluding carboxylic acids is 2. The van der Waals surface area contributed by atoms with Gasteiger partial charge in [-0.3, -0.25) is 29.1 Å². The van der Waals surface area contributed by atoms with Crippen molar-refractivity contribution in [1.82, 2.24) is 19.7 Å². The van der Waals surface area contributed by atoms with Gasteiger partial charge in [-0.2, -0.15) is 5.10 Å². The fourth-order valence-corrected chi connectivity index (χ4v) is 5.27. The molecule has 0 saturated carbocycles. The van der Waals surface area contributed by atoms with Gasteiger partial charge in [-0.25, -0.2) is 0 Å². The van der Waals surface area contributed by atoms with Crippen LogP contribution in [-0.2, 0) is 16.6 Å². The van der Waals surface area contributed by atoms with Gasteiger partial charge in [0, 0.05) is 50.2 Å². The van der Waals surface area contributed by atoms with Gasteiger partial charge in [-0.1, -0.05) is 40.7 Å². The average molecular weight is 589 g/mol. The number of likely N-dealkylation sites (tertiary alicyclic amines) is 1. The lowest BCUT2D eigenvalue weighted by atomic mass is 9.95. The van der Waals surface area contributed by atoms with E-state index in [0.717, 1.165) is 43.5 Å². The van der Waals surface area contributed by atoms with Gasteiger partial charge in [0.2, 0.25) is 5.91 Å². The van der Waals surface area contributed by atoms with Crippen LogP contribution in [-0.4, -0.2) is 56.3 Å². The lowest BCUT2D eigenvalue weighted by molar-refractivity contribution is -0.117. The van der Waals surface area contributed by atoms with E-state index in [1.165, 1.54) is 18.7 Å². The molecule has 10 nitrogen and oxygen atoms in total. The average Bonchev–Trinajstić information content (AvgIpc) is 3.40. The molecule has 3 heterocycles. The number of nitrogens with one attached hydrogen (secondary N) is 2. The van der Waals surface area contributed by atoms with Crippen molar-refractivity contribution in [3.05, 3.63) is 66.5 Å². The topological polar surface area (TPSA) is 131 Å². The zero-order chi connectivity index (χ0) is 31.5. The van der Waals surface area contributed by atoms with Crippen molar-refractivity contribution >= 4 is 34.5 Å². The molecule has 0 aromatic carbocycles. The molecule has 0 aliphatic carbocycles. The number of allylic oxidation sites excluding steroid dienone is 2. The highest BCUT2D eigenvalue weighted by Crippen LogP contribution is 2.26. The third kappa shape index (κ3) is 9.47. The highest BCUT2D eigenvalue weighted by molar-refractivity contribution is 6.29. The van der Waals surface area contributed by atoms with Crippen molar-refractivity contribution in [2.75, 3.05) is 23.7 Å². The summed E-state index contributed by atoms with van der Waals surface area (Å²) in [5, 5.41) is 10.1. The number of aliphatic imine (C=N–C) groups is 1. The van der Waals surface area contributed by atoms with Crippen LogP contribution in [0.2, 0.25) is 0 Å². The summed E-state index contributed by atoms with van der Waals surface area (Å²) in [5.41, 5.74) is 9.96. The van der Waals surface area contributed by atoms with E-state index in [1.54, 1.807) is 36.3 Å². The number of pyridine rings is 1. The minimum Gasteiger partial charge on any atom is -0.404 e. The zero-order valence-electron chi connectivity index (χ0n) is 26.6. The summed E-state index contributed by atoms with van der Waals surface area (Å²) >= 11 is 0. The number of hydrogen-bond acceptors (Lipinski definition) is 7. The number of aromatic nitrogens is 3. The molecule has 1 aliphatic rings. The summed E-state index contributed by atoms with van der Waals surface area (Å²) in [6.07, 6.45) is 14.5. The van der Waals surface area contributed by atoms with Gasteiger partial charge in [-0.05, 0) is 62.3 Å². The Hall–Kier alpha value is -4.05. The molecule has 0 spiro atoms. The molecule has 2 aromatic heterocycles. The molecule has 2 atom stereocenters. The zero-order valence-corrected chi connectivity index (χ0v) is 26.6. The highest BCUT2D eigenvalue weighted by atomic mass is 16.2. The lowest BCUT2D eigenvalue weighted by Crippen LogP contribution is -2.43. The third-order valence-corrected chi connectivity index (χ3v) is 7.79. The highest BCUT2D eigenvalue weighted by Gasteiger charge is 2.25. The van der Waals surface area contributed by atoms with Crippen LogP contribution in [0.15, 0.2) is 60.3 Å². The smallest absolute Gasteiger partial charge is 0.259 e. The largest absolute Gasteiger partial charge is 0.404 e. The molecule has 0 radical (unpaired) electrons. The number of aryl methyl sites for hydroxylation is 2. The van der Waals surface area contributed by atoms with E-state index in [0.29, 0.717) is 35.1 Å². The normalized spacial score (nSPS) is 17.6. The summed E-state index contributed by atoms with van der Waals surface area (Å²) < 4.78 is 1.74. The van der Waals surface area contributed by atoms with E-state index in [9.17, 15) is 9.59 Å². The number of hydrogen-bond donors (Lipinski definition) is 3. The summed E-state index contributed by atoms with van der Waals surface area (Å²) in [5.74, 6) is 0.251. The number of amides is 2. The summed E-state index contributed by atoms with van der Waals surface area (Å²) in [6, 6.07) is 1.95. The van der Waals surface area contributed by atoms with Crippen LogP contribution in [0.25, 0.3) is 5.57 Å². The van der Waals surface area contributed by atoms with E-state index < -0.39 is 5.91 Å². The second-order valence-electron chi connectivity index (χ2n) is 11.7. The molecule has 4 N–H and O–H groups in total. The molecule has 1 aliphatic heterocycles. The Morgan fingerprint density at radius 1 is 1.23 bits per heavy atom. The number of anilines is 2. The lowest BCUT2D eigenvalue weighted by Gasteiger charge is -2.36. The van der Waals surface area contributed by atoms with E-state index in [1.807, 2.05) is 13.2 Å². The first-order valence-electron chi connectivity index (χ1n) is 15.2. The fraction of sp³-hybridized carbons (Fsp3) is 0.485. The van der Waals surface area contributed by atoms with Crippen molar-refractivity contribution in [1.29, 1.82) is 0 Å². The van der Waals surface area contributed by atoms with E-state index in [2.05, 4.69) is 64.9 Å². The van der Waals surface area contributed by atoms with E-state index in [4.69, 9.17) is 5.73 Å². The van der Waals surface area contributed by atoms with Crippen LogP contribution in [0.4, 0.5) is 11.4 Å². The standard InChI is InChI=1S/C33H48N8O2/c1-8-23(5)29(25-17-37-40(7)21-25)19-36-30(9-2)28(16-34)33(43)39-31-14-26(18-35-24(31)6)38-32(42)15-27-12-10-11-13-41(27)20-22(3)4/h9,14,16-19,21-23,27H,2,8,10-13,15,20,34H2,1,3-7H3,(H,38,42)(H,39,43)/b28-16+,29-19+,36-30-. The molecule has 10 heteroatoms. The second-order valence-corrected chi connectivity index (χ2v) is 11.7. The van der Waals surface area contributed by atoms with Crippen LogP contribution in [0.5, 0.6) is 0 Å². The van der Waals surface area contributed by atoms with E-state index in [-0.39, 0.29) is 23.4 Å². The summed E-state index contributed by atoms with van der Waals surface area (Å²) in [6.45, 7) is 16.3. The molecule has 43 heavy (non-hydrogen) atoms. The Morgan fingerprint density at radius 2 is 2.00 bits per heavy atom. The molecule has 1 fully saturated rings. The summed E-state index contributed by atoms with van der Waals surface area (Å²) in [7, 11) is 1.87. The molecule has 2 aromatic rings. The number of nitrogens with zero attached hydrogens (tertiary/aromatic N) is 5. The number of piperidine rings is 1. The van der Waals surface area contributed by atoms with Crippen molar-refractivity contribution < 1.29 is 9.59 Å². The Labute approximate surface area is 256 Å². The Morgan fingerprint density at radius 3 is 2.63 bits per heavy atom. The van der Waals surface area contributed by atoms with E-state index >= 15 is 0 Å². The predicted molar refractivity (Wildman–Crippen MR) is 175 cm³/mol. The minimum absolute atomic E-state index is 0.0651. The van der Waals surface area contributed by atoms with Crippen molar-refractivity contribution in [3.63, 3.8) is 0 Å². The quantitative estimate of drug-likeness (QED) is 0.210. The van der Waals surface area contributed by atoms with Crippen LogP contribution in [0.1, 0.15) is 71.1 Å². The van der Waals surface area contributed by atoms with Gasteiger partial charge < -0.3 is 16.4 Å². The van der Waals surface area contributed by atoms with Gasteiger partial charge in [0.25, 0.3) is 5.91 Å². The maximum absolute atomic E-state index is 13.4. The van der Waals surface area contributed by atoms with Gasteiger partial charge in [0.1, 0.15) is 0 Å². The van der Waals surface area contributed by atoms with Crippen molar-refractivity contribution in [2.24, 2.45) is 29.6 Å². The Kier molecular flexibility index (Phi) is 12.4. The monoisotopic (exact) mass is 588 g/mol. The SMILES string of the molecule is C=CC(=N/C=C(/c1cnn(C)c1)C(C)CC)/C(=C\N)C(=O)Nc1cc(NC(=O)CC2CCCCN2CC(C)C)cnc1C. The molecular weight excluding hydrogens is 540 g/mol. The minimum atomic E-state index is -0.457. The molecule has 1 saturated heterocycles. The first-order valence-corrected chi connectivity index (χ1v) is 15.2. The van der Waals surface area contributed by atoms with Gasteiger partial charge in [-0.15, -0.1) is 0 Å². The van der Waals surface area contributed by atoms with Gasteiger partial charge in [0.15, 0.2) is 0 Å². The predicted octanol–water partition coefficient (Wildman–Crippen LogP) is 5.46. The maximum Gasteiger partial charge on any atom is 0.259 e. The summed E-state index contributed by atoms with van der Waals surface area (Å²) in [4.78, 5) is 37.8. The fourth-order valence-electron chi connectivity index (χ4n) is 5.27. The second kappa shape index (κ2) is 16.0. The molecule has 3 rings (SSSR count). The van der Waals surface area contributed by atoms with Crippen molar-refractivity contribution in [2.45, 2.75) is 72.8 Å². The first kappa shape index (κ1) is 33.5. The Bertz CT molecular complexity index is 1370. The number of nitrogens with two attached hydrogens (primary N) is 1. The number of rotatable bonds is 13. The Balaban J connectivity index is 1.75. The van der Waals surface area contributed by atoms with Crippen LogP contribution < -0.4 is 16.4 Å². The van der Waals surface area contributed by atoms with Crippen molar-refractivity contribution in [3.8, 4) is 0 Å². The molecular formula is C33H48N8O2. The van der Waals surface area contributed by atoms with Crippen LogP contribution in [0.3, 0.4) is 0 Å². The molecule has 0 bridgehead atoms. The first-order chi connectivity index (χ1) is 20.6.